The number of aliphatic imine (C=N–C) groups is 1. The van der Waals surface area contributed by atoms with E-state index in [0.29, 0.717) is 30.2 Å². The van der Waals surface area contributed by atoms with Crippen LogP contribution in [-0.2, 0) is 11.2 Å². The first kappa shape index (κ1) is 20.3. The van der Waals surface area contributed by atoms with E-state index in [1.165, 1.54) is 11.8 Å². The molecule has 0 radical (unpaired) electrons. The van der Waals surface area contributed by atoms with Crippen LogP contribution in [0, 0.1) is 12.3 Å². The van der Waals surface area contributed by atoms with Gasteiger partial charge in [0.05, 0.1) is 9.38 Å². The lowest BCUT2D eigenvalue weighted by Crippen LogP contribution is -2.28. The number of ether oxygens (including phenoxy) is 1. The Kier molecular flexibility index (Phi) is 7.55. The number of carbonyl (C=O) groups is 1. The van der Waals surface area contributed by atoms with Gasteiger partial charge in [0.25, 0.3) is 5.91 Å². The van der Waals surface area contributed by atoms with Crippen LogP contribution in [0.2, 0.25) is 0 Å². The molecule has 1 amide bonds. The Morgan fingerprint density at radius 1 is 1.46 bits per heavy atom. The third-order valence-electron chi connectivity index (χ3n) is 3.60. The quantitative estimate of drug-likeness (QED) is 0.361. The molecule has 1 heterocycles. The minimum atomic E-state index is -0.0150. The van der Waals surface area contributed by atoms with Gasteiger partial charge in [-0.2, -0.15) is 0 Å². The molecule has 1 fully saturated rings. The average Bonchev–Trinajstić information content (AvgIpc) is 2.89. The second-order valence-corrected chi connectivity index (χ2v) is 7.26. The van der Waals surface area contributed by atoms with Crippen molar-refractivity contribution in [1.29, 1.82) is 0 Å². The number of nitrogens with zero attached hydrogens (tertiary/aromatic N) is 2. The van der Waals surface area contributed by atoms with Crippen molar-refractivity contribution in [2.75, 3.05) is 19.7 Å². The van der Waals surface area contributed by atoms with Crippen LogP contribution in [0.4, 0.5) is 0 Å². The Morgan fingerprint density at radius 3 is 2.85 bits per heavy atom. The molecule has 26 heavy (non-hydrogen) atoms. The first-order valence-electron chi connectivity index (χ1n) is 8.31. The summed E-state index contributed by atoms with van der Waals surface area (Å²) >= 11 is 4.95. The molecule has 1 saturated heterocycles. The van der Waals surface area contributed by atoms with E-state index in [4.69, 9.17) is 11.2 Å². The first-order valence-corrected chi connectivity index (χ1v) is 9.92. The van der Waals surface area contributed by atoms with Crippen LogP contribution >= 0.6 is 27.7 Å². The van der Waals surface area contributed by atoms with Gasteiger partial charge in [-0.1, -0.05) is 12.0 Å². The fourth-order valence-corrected chi connectivity index (χ4v) is 4.27. The number of thioether (sulfide) groups is 1. The molecule has 0 saturated carbocycles. The molecule has 0 aliphatic carbocycles. The van der Waals surface area contributed by atoms with Gasteiger partial charge in [0.15, 0.2) is 5.17 Å². The van der Waals surface area contributed by atoms with Gasteiger partial charge in [-0.15, -0.1) is 13.0 Å². The van der Waals surface area contributed by atoms with E-state index < -0.39 is 0 Å². The number of allylic oxidation sites excluding steroid dienone is 1. The minimum absolute atomic E-state index is 0.0150. The van der Waals surface area contributed by atoms with E-state index in [-0.39, 0.29) is 12.5 Å². The van der Waals surface area contributed by atoms with E-state index >= 15 is 0 Å². The van der Waals surface area contributed by atoms with Gasteiger partial charge in [-0.3, -0.25) is 14.7 Å². The van der Waals surface area contributed by atoms with Crippen molar-refractivity contribution in [1.82, 2.24) is 4.90 Å². The van der Waals surface area contributed by atoms with E-state index in [2.05, 4.69) is 33.4 Å². The van der Waals surface area contributed by atoms with Crippen LogP contribution in [0.5, 0.6) is 5.75 Å². The second kappa shape index (κ2) is 9.65. The Labute approximate surface area is 167 Å². The number of carbonyl (C=O) groups excluding carboxylic acids is 1. The SMILES string of the molecule is C#CCOc1c(Br)cc(/C=C2\SC(=NCC)N(CC)C2=O)cc1CC=C. The summed E-state index contributed by atoms with van der Waals surface area (Å²) in [4.78, 5) is 19.4. The Bertz CT molecular complexity index is 809. The molecular weight excluding hydrogens is 412 g/mol. The highest BCUT2D eigenvalue weighted by molar-refractivity contribution is 9.10. The summed E-state index contributed by atoms with van der Waals surface area (Å²) in [5.41, 5.74) is 1.87. The zero-order chi connectivity index (χ0) is 19.1. The molecule has 0 bridgehead atoms. The highest BCUT2D eigenvalue weighted by Crippen LogP contribution is 2.36. The molecule has 0 N–H and O–H groups in total. The molecule has 1 aliphatic rings. The van der Waals surface area contributed by atoms with Gasteiger partial charge < -0.3 is 4.74 Å². The maximum absolute atomic E-state index is 12.6. The molecule has 0 unspecified atom stereocenters. The highest BCUT2D eigenvalue weighted by Gasteiger charge is 2.31. The smallest absolute Gasteiger partial charge is 0.266 e. The summed E-state index contributed by atoms with van der Waals surface area (Å²) in [6.45, 7) is 9.15. The van der Waals surface area contributed by atoms with Crippen molar-refractivity contribution < 1.29 is 9.53 Å². The Morgan fingerprint density at radius 2 is 2.23 bits per heavy atom. The molecular formula is C20H21BrN2O2S. The molecule has 4 nitrogen and oxygen atoms in total. The van der Waals surface area contributed by atoms with Crippen LogP contribution in [0.15, 0.2) is 39.2 Å². The zero-order valence-electron chi connectivity index (χ0n) is 14.9. The number of hydrogen-bond donors (Lipinski definition) is 0. The summed E-state index contributed by atoms with van der Waals surface area (Å²) in [6, 6.07) is 3.91. The summed E-state index contributed by atoms with van der Waals surface area (Å²) in [5.74, 6) is 3.16. The Hall–Kier alpha value is -1.97. The fraction of sp³-hybridized carbons (Fsp3) is 0.300. The lowest BCUT2D eigenvalue weighted by atomic mass is 10.1. The second-order valence-electron chi connectivity index (χ2n) is 5.39. The highest BCUT2D eigenvalue weighted by atomic mass is 79.9. The molecule has 0 spiro atoms. The number of halogens is 1. The number of amidine groups is 1. The molecule has 136 valence electrons. The van der Waals surface area contributed by atoms with Crippen molar-refractivity contribution in [2.24, 2.45) is 4.99 Å². The predicted molar refractivity (Wildman–Crippen MR) is 113 cm³/mol. The van der Waals surface area contributed by atoms with Crippen LogP contribution in [0.3, 0.4) is 0 Å². The summed E-state index contributed by atoms with van der Waals surface area (Å²) < 4.78 is 6.44. The molecule has 1 aromatic rings. The van der Waals surface area contributed by atoms with Crippen LogP contribution in [0.25, 0.3) is 6.08 Å². The Balaban J connectivity index is 2.41. The number of rotatable bonds is 7. The van der Waals surface area contributed by atoms with Crippen LogP contribution < -0.4 is 4.74 Å². The van der Waals surface area contributed by atoms with Gasteiger partial charge in [-0.25, -0.2) is 0 Å². The van der Waals surface area contributed by atoms with Gasteiger partial charge in [0, 0.05) is 13.1 Å². The maximum Gasteiger partial charge on any atom is 0.266 e. The van der Waals surface area contributed by atoms with Crippen molar-refractivity contribution in [2.45, 2.75) is 20.3 Å². The van der Waals surface area contributed by atoms with E-state index in [1.807, 2.05) is 38.1 Å². The van der Waals surface area contributed by atoms with Crippen LogP contribution in [-0.4, -0.2) is 35.7 Å². The summed E-state index contributed by atoms with van der Waals surface area (Å²) in [7, 11) is 0. The van der Waals surface area contributed by atoms with Crippen molar-refractivity contribution in [3.05, 3.63) is 45.3 Å². The molecule has 1 aromatic carbocycles. The first-order chi connectivity index (χ1) is 12.5. The van der Waals surface area contributed by atoms with E-state index in [0.717, 1.165) is 20.8 Å². The number of hydrogen-bond acceptors (Lipinski definition) is 4. The standard InChI is InChI=1S/C20H21BrN2O2S/c1-5-9-15-11-14(12-16(21)18(15)25-10-6-2)13-17-19(24)23(8-4)20(26-17)22-7-3/h2,5,11-13H,1,7-10H2,3-4H3/b17-13-,22-20?. The zero-order valence-corrected chi connectivity index (χ0v) is 17.3. The van der Waals surface area contributed by atoms with Gasteiger partial charge >= 0.3 is 0 Å². The van der Waals surface area contributed by atoms with Gasteiger partial charge in [0.1, 0.15) is 12.4 Å². The third kappa shape index (κ3) is 4.60. The number of amides is 1. The summed E-state index contributed by atoms with van der Waals surface area (Å²) in [6.07, 6.45) is 9.62. The van der Waals surface area contributed by atoms with Crippen molar-refractivity contribution in [3.8, 4) is 18.1 Å². The van der Waals surface area contributed by atoms with Gasteiger partial charge in [-0.05, 0) is 77.3 Å². The lowest BCUT2D eigenvalue weighted by Gasteiger charge is -2.12. The van der Waals surface area contributed by atoms with E-state index in [9.17, 15) is 4.79 Å². The third-order valence-corrected chi connectivity index (χ3v) is 5.24. The molecule has 0 atom stereocenters. The lowest BCUT2D eigenvalue weighted by molar-refractivity contribution is -0.122. The molecule has 2 rings (SSSR count). The molecule has 1 aliphatic heterocycles. The largest absolute Gasteiger partial charge is 0.479 e. The number of benzene rings is 1. The maximum atomic E-state index is 12.6. The minimum Gasteiger partial charge on any atom is -0.479 e. The summed E-state index contributed by atoms with van der Waals surface area (Å²) in [5, 5.41) is 0.755. The average molecular weight is 433 g/mol. The molecule has 0 aromatic heterocycles. The fourth-order valence-electron chi connectivity index (χ4n) is 2.53. The topological polar surface area (TPSA) is 41.9 Å². The van der Waals surface area contributed by atoms with Crippen LogP contribution in [0.1, 0.15) is 25.0 Å². The van der Waals surface area contributed by atoms with Crippen molar-refractivity contribution in [3.63, 3.8) is 0 Å². The normalized spacial score (nSPS) is 17.0. The number of terminal acetylenes is 1. The number of likely N-dealkylation sites (N-methyl/N-ethyl adjacent to an activating group) is 1. The monoisotopic (exact) mass is 432 g/mol. The molecule has 6 heteroatoms. The van der Waals surface area contributed by atoms with Gasteiger partial charge in [0.2, 0.25) is 0 Å². The van der Waals surface area contributed by atoms with Crippen molar-refractivity contribution >= 4 is 44.8 Å². The van der Waals surface area contributed by atoms with E-state index in [1.54, 1.807) is 4.90 Å². The predicted octanol–water partition coefficient (Wildman–Crippen LogP) is 4.50.